The summed E-state index contributed by atoms with van der Waals surface area (Å²) in [6, 6.07) is 47.1. The summed E-state index contributed by atoms with van der Waals surface area (Å²) in [4.78, 5) is 15.2. The number of benzene rings is 6. The van der Waals surface area contributed by atoms with Crippen molar-refractivity contribution in [3.63, 3.8) is 0 Å². The highest BCUT2D eigenvalue weighted by Crippen LogP contribution is 2.37. The maximum atomic E-state index is 12.9. The molecule has 0 amide bonds. The molecule has 0 saturated carbocycles. The summed E-state index contributed by atoms with van der Waals surface area (Å²) < 4.78 is 0. The van der Waals surface area contributed by atoms with Gasteiger partial charge < -0.3 is 4.90 Å². The first-order valence-electron chi connectivity index (χ1n) is 11.7. The lowest BCUT2D eigenvalue weighted by atomic mass is 10.0. The molecule has 0 fully saturated rings. The number of anilines is 3. The van der Waals surface area contributed by atoms with E-state index in [1.165, 1.54) is 21.5 Å². The van der Waals surface area contributed by atoms with Crippen molar-refractivity contribution in [3.8, 4) is 0 Å². The highest BCUT2D eigenvalue weighted by atomic mass is 16.1. The van der Waals surface area contributed by atoms with Crippen LogP contribution in [0.25, 0.3) is 21.5 Å². The Labute approximate surface area is 204 Å². The summed E-state index contributed by atoms with van der Waals surface area (Å²) in [5, 5.41) is 4.79. The van der Waals surface area contributed by atoms with E-state index in [9.17, 15) is 4.79 Å². The van der Waals surface area contributed by atoms with Crippen molar-refractivity contribution >= 4 is 44.4 Å². The zero-order valence-electron chi connectivity index (χ0n) is 19.1. The van der Waals surface area contributed by atoms with Crippen molar-refractivity contribution in [1.82, 2.24) is 0 Å². The fourth-order valence-electron chi connectivity index (χ4n) is 4.60. The molecule has 6 aromatic carbocycles. The first kappa shape index (κ1) is 20.9. The lowest BCUT2D eigenvalue weighted by Gasteiger charge is -2.26. The minimum atomic E-state index is 0.0279. The third-order valence-corrected chi connectivity index (χ3v) is 6.41. The predicted octanol–water partition coefficient (Wildman–Crippen LogP) is 8.69. The molecule has 0 spiro atoms. The van der Waals surface area contributed by atoms with E-state index < -0.39 is 0 Å². The first-order valence-corrected chi connectivity index (χ1v) is 11.7. The number of fused-ring (bicyclic) bond motifs is 2. The quantitative estimate of drug-likeness (QED) is 0.245. The lowest BCUT2D eigenvalue weighted by molar-refractivity contribution is 0.103. The van der Waals surface area contributed by atoms with Gasteiger partial charge >= 0.3 is 0 Å². The molecule has 0 N–H and O–H groups in total. The van der Waals surface area contributed by atoms with E-state index in [1.807, 2.05) is 54.6 Å². The molecule has 0 radical (unpaired) electrons. The zero-order chi connectivity index (χ0) is 23.6. The van der Waals surface area contributed by atoms with Gasteiger partial charge in [0.2, 0.25) is 0 Å². The Bertz CT molecular complexity index is 1570. The molecule has 0 aliphatic rings. The number of ketones is 1. The van der Waals surface area contributed by atoms with Crippen molar-refractivity contribution in [2.24, 2.45) is 0 Å². The smallest absolute Gasteiger partial charge is 0.193 e. The molecule has 166 valence electrons. The average Bonchev–Trinajstić information content (AvgIpc) is 2.93. The number of carbonyl (C=O) groups is 1. The molecule has 0 atom stereocenters. The topological polar surface area (TPSA) is 20.3 Å². The van der Waals surface area contributed by atoms with Crippen molar-refractivity contribution in [2.75, 3.05) is 4.90 Å². The van der Waals surface area contributed by atoms with Crippen LogP contribution in [0.1, 0.15) is 15.9 Å². The van der Waals surface area contributed by atoms with E-state index in [0.717, 1.165) is 17.1 Å². The van der Waals surface area contributed by atoms with Gasteiger partial charge in [-0.3, -0.25) is 4.79 Å². The minimum absolute atomic E-state index is 0.0279. The molecule has 6 rings (SSSR count). The third-order valence-electron chi connectivity index (χ3n) is 6.41. The molecule has 0 aliphatic heterocycles. The van der Waals surface area contributed by atoms with Gasteiger partial charge in [-0.2, -0.15) is 0 Å². The van der Waals surface area contributed by atoms with Gasteiger partial charge in [0.15, 0.2) is 5.78 Å². The largest absolute Gasteiger partial charge is 0.310 e. The maximum absolute atomic E-state index is 12.9. The van der Waals surface area contributed by atoms with E-state index in [1.54, 1.807) is 0 Å². The highest BCUT2D eigenvalue weighted by Gasteiger charge is 2.15. The summed E-state index contributed by atoms with van der Waals surface area (Å²) in [7, 11) is 0. The van der Waals surface area contributed by atoms with Gasteiger partial charge in [-0.1, -0.05) is 91.0 Å². The van der Waals surface area contributed by atoms with Crippen LogP contribution in [0.15, 0.2) is 140 Å². The number of carbonyl (C=O) groups excluding carboxylic acids is 1. The SMILES string of the molecule is O=C(c1ccccc1)c1ccc(N(c2ccc3ccccc3c2)c2ccc3ccccc3c2)cc1. The summed E-state index contributed by atoms with van der Waals surface area (Å²) in [6.07, 6.45) is 0. The fourth-order valence-corrected chi connectivity index (χ4v) is 4.60. The van der Waals surface area contributed by atoms with Crippen LogP contribution in [0, 0.1) is 0 Å². The van der Waals surface area contributed by atoms with Crippen LogP contribution in [0.4, 0.5) is 17.1 Å². The second-order valence-corrected chi connectivity index (χ2v) is 8.64. The summed E-state index contributed by atoms with van der Waals surface area (Å²) in [5.74, 6) is 0.0279. The highest BCUT2D eigenvalue weighted by molar-refractivity contribution is 6.09. The number of rotatable bonds is 5. The summed E-state index contributed by atoms with van der Waals surface area (Å²) in [5.41, 5.74) is 4.51. The van der Waals surface area contributed by atoms with Crippen LogP contribution in [-0.2, 0) is 0 Å². The second kappa shape index (κ2) is 8.92. The maximum Gasteiger partial charge on any atom is 0.193 e. The number of hydrogen-bond acceptors (Lipinski definition) is 2. The van der Waals surface area contributed by atoms with E-state index in [0.29, 0.717) is 11.1 Å². The molecule has 0 bridgehead atoms. The molecule has 2 heteroatoms. The number of hydrogen-bond donors (Lipinski definition) is 0. The van der Waals surface area contributed by atoms with Gasteiger partial charge in [-0.25, -0.2) is 0 Å². The third kappa shape index (κ3) is 4.07. The Morgan fingerprint density at radius 2 is 0.829 bits per heavy atom. The average molecular weight is 450 g/mol. The summed E-state index contributed by atoms with van der Waals surface area (Å²) in [6.45, 7) is 0. The Kier molecular flexibility index (Phi) is 5.32. The minimum Gasteiger partial charge on any atom is -0.310 e. The van der Waals surface area contributed by atoms with Crippen molar-refractivity contribution in [2.45, 2.75) is 0 Å². The molecule has 0 saturated heterocycles. The fraction of sp³-hybridized carbons (Fsp3) is 0. The zero-order valence-corrected chi connectivity index (χ0v) is 19.1. The molecule has 0 aromatic heterocycles. The van der Waals surface area contributed by atoms with Crippen LogP contribution in [0.2, 0.25) is 0 Å². The predicted molar refractivity (Wildman–Crippen MR) is 146 cm³/mol. The van der Waals surface area contributed by atoms with Crippen molar-refractivity contribution < 1.29 is 4.79 Å². The molecule has 0 heterocycles. The normalized spacial score (nSPS) is 11.0. The molecular weight excluding hydrogens is 426 g/mol. The Morgan fingerprint density at radius 1 is 0.400 bits per heavy atom. The molecular formula is C33H23NO. The monoisotopic (exact) mass is 449 g/mol. The lowest BCUT2D eigenvalue weighted by Crippen LogP contribution is -2.10. The van der Waals surface area contributed by atoms with E-state index in [2.05, 4.69) is 89.8 Å². The van der Waals surface area contributed by atoms with Gasteiger partial charge in [0.05, 0.1) is 0 Å². The van der Waals surface area contributed by atoms with Crippen LogP contribution in [-0.4, -0.2) is 5.78 Å². The van der Waals surface area contributed by atoms with E-state index in [-0.39, 0.29) is 5.78 Å². The van der Waals surface area contributed by atoms with Crippen LogP contribution in [0.3, 0.4) is 0 Å². The van der Waals surface area contributed by atoms with Crippen LogP contribution < -0.4 is 4.90 Å². The van der Waals surface area contributed by atoms with E-state index in [4.69, 9.17) is 0 Å². The second-order valence-electron chi connectivity index (χ2n) is 8.64. The molecule has 0 aliphatic carbocycles. The standard InChI is InChI=1S/C33H23NO/c35-33(26-10-2-1-3-11-26)27-16-18-30(19-17-27)34(31-20-14-24-8-4-6-12-28(24)22-31)32-21-15-25-9-5-7-13-29(25)23-32/h1-23H. The van der Waals surface area contributed by atoms with Gasteiger partial charge in [0, 0.05) is 28.2 Å². The van der Waals surface area contributed by atoms with Crippen molar-refractivity contribution in [3.05, 3.63) is 151 Å². The van der Waals surface area contributed by atoms with Gasteiger partial charge in [-0.05, 0) is 70.1 Å². The summed E-state index contributed by atoms with van der Waals surface area (Å²) >= 11 is 0. The van der Waals surface area contributed by atoms with Crippen molar-refractivity contribution in [1.29, 1.82) is 0 Å². The Morgan fingerprint density at radius 3 is 1.37 bits per heavy atom. The Hall–Kier alpha value is -4.69. The molecule has 0 unspecified atom stereocenters. The van der Waals surface area contributed by atoms with Gasteiger partial charge in [0.1, 0.15) is 0 Å². The molecule has 6 aromatic rings. The van der Waals surface area contributed by atoms with Gasteiger partial charge in [-0.15, -0.1) is 0 Å². The Balaban J connectivity index is 1.46. The first-order chi connectivity index (χ1) is 17.3. The number of nitrogens with zero attached hydrogens (tertiary/aromatic N) is 1. The molecule has 35 heavy (non-hydrogen) atoms. The van der Waals surface area contributed by atoms with Crippen LogP contribution in [0.5, 0.6) is 0 Å². The molecule has 2 nitrogen and oxygen atoms in total. The van der Waals surface area contributed by atoms with Gasteiger partial charge in [0.25, 0.3) is 0 Å². The van der Waals surface area contributed by atoms with Crippen LogP contribution >= 0.6 is 0 Å². The van der Waals surface area contributed by atoms with E-state index >= 15 is 0 Å².